The van der Waals surface area contributed by atoms with Crippen molar-refractivity contribution in [3.05, 3.63) is 53.3 Å². The molecule has 1 aromatic carbocycles. The summed E-state index contributed by atoms with van der Waals surface area (Å²) in [4.78, 5) is 46.8. The number of ketones is 2. The van der Waals surface area contributed by atoms with Crippen LogP contribution in [0.25, 0.3) is 10.2 Å². The molecule has 0 aliphatic rings. The van der Waals surface area contributed by atoms with E-state index in [0.717, 1.165) is 15.8 Å². The number of carbonyl (C=O) groups is 3. The summed E-state index contributed by atoms with van der Waals surface area (Å²) in [5.41, 5.74) is 2.47. The average Bonchev–Trinajstić information content (AvgIpc) is 3.12. The van der Waals surface area contributed by atoms with Gasteiger partial charge in [-0.2, -0.15) is 0 Å². The maximum Gasteiger partial charge on any atom is 0.323 e. The highest BCUT2D eigenvalue weighted by atomic mass is 32.1. The number of nitrogens with zero attached hydrogens (tertiary/aromatic N) is 3. The number of anilines is 1. The molecule has 162 valence electrons. The molecular formula is C23H26N4O3S. The van der Waals surface area contributed by atoms with E-state index < -0.39 is 0 Å². The van der Waals surface area contributed by atoms with Gasteiger partial charge in [-0.05, 0) is 42.2 Å². The summed E-state index contributed by atoms with van der Waals surface area (Å²) in [6.07, 6.45) is 1.26. The van der Waals surface area contributed by atoms with Crippen LogP contribution in [0.4, 0.5) is 9.93 Å². The predicted octanol–water partition coefficient (Wildman–Crippen LogP) is 4.83. The van der Waals surface area contributed by atoms with Crippen molar-refractivity contribution < 1.29 is 14.4 Å². The number of pyridine rings is 1. The van der Waals surface area contributed by atoms with E-state index in [9.17, 15) is 14.4 Å². The molecular weight excluding hydrogens is 412 g/mol. The third-order valence-electron chi connectivity index (χ3n) is 4.63. The minimum absolute atomic E-state index is 0.0440. The van der Waals surface area contributed by atoms with Crippen LogP contribution in [0.5, 0.6) is 0 Å². The van der Waals surface area contributed by atoms with Crippen molar-refractivity contribution in [2.75, 3.05) is 19.4 Å². The van der Waals surface area contributed by atoms with Gasteiger partial charge in [0.05, 0.1) is 10.2 Å². The highest BCUT2D eigenvalue weighted by Gasteiger charge is 2.14. The van der Waals surface area contributed by atoms with E-state index in [1.54, 1.807) is 32.3 Å². The molecule has 0 saturated heterocycles. The SMILES string of the molecule is CC(C)CC(=O)c1cccc(C(=O)CCc2ccc3nc(NC(=O)N(C)C)sc3c2)n1. The molecule has 2 heterocycles. The number of hydrogen-bond donors (Lipinski definition) is 1. The van der Waals surface area contributed by atoms with Gasteiger partial charge in [0.15, 0.2) is 16.7 Å². The number of carbonyl (C=O) groups excluding carboxylic acids is 3. The summed E-state index contributed by atoms with van der Waals surface area (Å²) in [6, 6.07) is 10.6. The minimum atomic E-state index is -0.230. The third kappa shape index (κ3) is 5.95. The number of aryl methyl sites for hydroxylation is 1. The van der Waals surface area contributed by atoms with Gasteiger partial charge in [-0.3, -0.25) is 14.9 Å². The molecule has 3 rings (SSSR count). The van der Waals surface area contributed by atoms with E-state index in [1.165, 1.54) is 16.2 Å². The first kappa shape index (κ1) is 22.6. The second-order valence-corrected chi connectivity index (χ2v) is 9.03. The Bertz CT molecular complexity index is 1120. The van der Waals surface area contributed by atoms with Crippen molar-refractivity contribution in [3.8, 4) is 0 Å². The molecule has 31 heavy (non-hydrogen) atoms. The number of thiazole rings is 1. The molecule has 1 N–H and O–H groups in total. The Kier molecular flexibility index (Phi) is 7.12. The van der Waals surface area contributed by atoms with E-state index >= 15 is 0 Å². The van der Waals surface area contributed by atoms with Crippen LogP contribution in [0.1, 0.15) is 53.2 Å². The van der Waals surface area contributed by atoms with E-state index in [4.69, 9.17) is 0 Å². The van der Waals surface area contributed by atoms with Crippen LogP contribution in [0, 0.1) is 5.92 Å². The Balaban J connectivity index is 1.66. The first-order valence-electron chi connectivity index (χ1n) is 10.1. The zero-order valence-corrected chi connectivity index (χ0v) is 19.0. The fraction of sp³-hybridized carbons (Fsp3) is 0.348. The molecule has 0 saturated carbocycles. The summed E-state index contributed by atoms with van der Waals surface area (Å²) >= 11 is 1.39. The van der Waals surface area contributed by atoms with Crippen molar-refractivity contribution in [2.45, 2.75) is 33.1 Å². The number of Topliss-reactive ketones (excluding diaryl/α,β-unsaturated/α-hetero) is 2. The zero-order chi connectivity index (χ0) is 22.5. The molecule has 0 radical (unpaired) electrons. The maximum absolute atomic E-state index is 12.6. The fourth-order valence-electron chi connectivity index (χ4n) is 2.99. The number of nitrogens with one attached hydrogen (secondary N) is 1. The van der Waals surface area contributed by atoms with E-state index in [1.807, 2.05) is 32.0 Å². The second-order valence-electron chi connectivity index (χ2n) is 8.00. The van der Waals surface area contributed by atoms with Crippen LogP contribution in [0.15, 0.2) is 36.4 Å². The van der Waals surface area contributed by atoms with Gasteiger partial charge in [-0.1, -0.05) is 37.3 Å². The van der Waals surface area contributed by atoms with Crippen LogP contribution < -0.4 is 5.32 Å². The van der Waals surface area contributed by atoms with Gasteiger partial charge in [-0.15, -0.1) is 0 Å². The molecule has 2 aromatic heterocycles. The number of benzene rings is 1. The molecule has 2 amide bonds. The molecule has 0 aliphatic heterocycles. The monoisotopic (exact) mass is 438 g/mol. The summed E-state index contributed by atoms with van der Waals surface area (Å²) in [5, 5.41) is 3.29. The van der Waals surface area contributed by atoms with E-state index in [2.05, 4.69) is 15.3 Å². The Morgan fingerprint density at radius 3 is 2.42 bits per heavy atom. The van der Waals surface area contributed by atoms with Gasteiger partial charge < -0.3 is 4.90 Å². The number of urea groups is 1. The van der Waals surface area contributed by atoms with E-state index in [-0.39, 0.29) is 23.5 Å². The largest absolute Gasteiger partial charge is 0.331 e. The van der Waals surface area contributed by atoms with Gasteiger partial charge in [0.1, 0.15) is 11.4 Å². The lowest BCUT2D eigenvalue weighted by Crippen LogP contribution is -2.27. The quantitative estimate of drug-likeness (QED) is 0.509. The fourth-order valence-corrected chi connectivity index (χ4v) is 3.91. The Morgan fingerprint density at radius 1 is 1.03 bits per heavy atom. The number of hydrogen-bond acceptors (Lipinski definition) is 6. The third-order valence-corrected chi connectivity index (χ3v) is 5.56. The summed E-state index contributed by atoms with van der Waals surface area (Å²) in [5.74, 6) is 0.104. The van der Waals surface area contributed by atoms with Crippen molar-refractivity contribution in [3.63, 3.8) is 0 Å². The first-order chi connectivity index (χ1) is 14.7. The lowest BCUT2D eigenvalue weighted by atomic mass is 10.0. The number of amides is 2. The van der Waals surface area contributed by atoms with E-state index in [0.29, 0.717) is 35.8 Å². The molecule has 0 aliphatic carbocycles. The maximum atomic E-state index is 12.6. The Labute approximate surface area is 185 Å². The topological polar surface area (TPSA) is 92.3 Å². The first-order valence-corrected chi connectivity index (χ1v) is 11.0. The van der Waals surface area contributed by atoms with Crippen LogP contribution >= 0.6 is 11.3 Å². The van der Waals surface area contributed by atoms with Crippen molar-refractivity contribution >= 4 is 44.3 Å². The lowest BCUT2D eigenvalue weighted by molar-refractivity contribution is 0.0962. The van der Waals surface area contributed by atoms with Gasteiger partial charge >= 0.3 is 6.03 Å². The molecule has 8 heteroatoms. The van der Waals surface area contributed by atoms with Gasteiger partial charge in [0.25, 0.3) is 0 Å². The van der Waals surface area contributed by atoms with Crippen LogP contribution in [-0.4, -0.2) is 46.6 Å². The van der Waals surface area contributed by atoms with Crippen LogP contribution in [0.2, 0.25) is 0 Å². The molecule has 0 unspecified atom stereocenters. The molecule has 0 bridgehead atoms. The minimum Gasteiger partial charge on any atom is -0.331 e. The molecule has 0 fully saturated rings. The number of fused-ring (bicyclic) bond motifs is 1. The van der Waals surface area contributed by atoms with Crippen molar-refractivity contribution in [1.29, 1.82) is 0 Å². The predicted molar refractivity (Wildman–Crippen MR) is 123 cm³/mol. The Hall–Kier alpha value is -3.13. The lowest BCUT2D eigenvalue weighted by Gasteiger charge is -2.08. The molecule has 7 nitrogen and oxygen atoms in total. The Morgan fingerprint density at radius 2 is 1.74 bits per heavy atom. The standard InChI is InChI=1S/C23H26N4O3S/c1-14(2)12-20(29)17-7-5-6-16(24-17)19(28)11-9-15-8-10-18-21(13-15)31-22(25-18)26-23(30)27(3)4/h5-8,10,13-14H,9,11-12H2,1-4H3,(H,25,26,30). The summed E-state index contributed by atoms with van der Waals surface area (Å²) in [7, 11) is 3.34. The van der Waals surface area contributed by atoms with Crippen molar-refractivity contribution in [2.24, 2.45) is 5.92 Å². The highest BCUT2D eigenvalue weighted by Crippen LogP contribution is 2.27. The average molecular weight is 439 g/mol. The molecule has 3 aromatic rings. The molecule has 0 atom stereocenters. The highest BCUT2D eigenvalue weighted by molar-refractivity contribution is 7.22. The normalized spacial score (nSPS) is 11.0. The molecule has 0 spiro atoms. The summed E-state index contributed by atoms with van der Waals surface area (Å²) in [6.45, 7) is 3.96. The second kappa shape index (κ2) is 9.78. The number of rotatable bonds is 8. The van der Waals surface area contributed by atoms with Crippen LogP contribution in [-0.2, 0) is 6.42 Å². The smallest absolute Gasteiger partial charge is 0.323 e. The van der Waals surface area contributed by atoms with Crippen LogP contribution in [0.3, 0.4) is 0 Å². The van der Waals surface area contributed by atoms with Gasteiger partial charge in [-0.25, -0.2) is 14.8 Å². The van der Waals surface area contributed by atoms with Gasteiger partial charge in [0.2, 0.25) is 0 Å². The number of aromatic nitrogens is 2. The van der Waals surface area contributed by atoms with Crippen molar-refractivity contribution in [1.82, 2.24) is 14.9 Å². The summed E-state index contributed by atoms with van der Waals surface area (Å²) < 4.78 is 0.943. The zero-order valence-electron chi connectivity index (χ0n) is 18.1. The van der Waals surface area contributed by atoms with Gasteiger partial charge in [0, 0.05) is 26.9 Å².